The van der Waals surface area contributed by atoms with Gasteiger partial charge in [0, 0.05) is 45.1 Å². The fourth-order valence-corrected chi connectivity index (χ4v) is 4.14. The molecule has 1 aliphatic carbocycles. The molecule has 142 valence electrons. The first kappa shape index (κ1) is 18.9. The summed E-state index contributed by atoms with van der Waals surface area (Å²) in [5.41, 5.74) is 7.19. The van der Waals surface area contributed by atoms with Crippen molar-refractivity contribution >= 4 is 11.8 Å². The van der Waals surface area contributed by atoms with Crippen molar-refractivity contribution in [2.24, 2.45) is 11.7 Å². The number of hydrogen-bond donors (Lipinski definition) is 1. The summed E-state index contributed by atoms with van der Waals surface area (Å²) in [6.07, 6.45) is 6.78. The number of nitrogens with two attached hydrogens (primary N) is 1. The van der Waals surface area contributed by atoms with E-state index in [1.165, 1.54) is 25.7 Å². The lowest BCUT2D eigenvalue weighted by Gasteiger charge is -2.24. The van der Waals surface area contributed by atoms with Gasteiger partial charge in [0.1, 0.15) is 0 Å². The van der Waals surface area contributed by atoms with Gasteiger partial charge in [-0.1, -0.05) is 43.2 Å². The molecule has 3 rings (SSSR count). The second-order valence-corrected chi connectivity index (χ2v) is 7.69. The molecule has 0 radical (unpaired) electrons. The van der Waals surface area contributed by atoms with E-state index in [9.17, 15) is 9.59 Å². The first-order valence-corrected chi connectivity index (χ1v) is 9.99. The molecule has 0 aromatic heterocycles. The zero-order chi connectivity index (χ0) is 18.4. The second kappa shape index (κ2) is 9.17. The Balaban J connectivity index is 1.48. The van der Waals surface area contributed by atoms with Crippen LogP contribution in [0, 0.1) is 5.92 Å². The molecule has 1 aromatic carbocycles. The Morgan fingerprint density at radius 1 is 0.923 bits per heavy atom. The van der Waals surface area contributed by atoms with E-state index >= 15 is 0 Å². The lowest BCUT2D eigenvalue weighted by Crippen LogP contribution is -2.38. The van der Waals surface area contributed by atoms with Crippen LogP contribution in [0.4, 0.5) is 0 Å². The van der Waals surface area contributed by atoms with Crippen LogP contribution in [0.5, 0.6) is 0 Å². The van der Waals surface area contributed by atoms with Gasteiger partial charge in [0.25, 0.3) is 0 Å². The minimum atomic E-state index is -0.271. The lowest BCUT2D eigenvalue weighted by atomic mass is 10.0. The molecule has 2 fully saturated rings. The summed E-state index contributed by atoms with van der Waals surface area (Å²) in [5, 5.41) is 0. The molecular weight excluding hydrogens is 326 g/mol. The van der Waals surface area contributed by atoms with E-state index in [4.69, 9.17) is 5.73 Å². The van der Waals surface area contributed by atoms with Crippen LogP contribution in [0.1, 0.15) is 56.6 Å². The number of amides is 2. The Labute approximate surface area is 156 Å². The predicted molar refractivity (Wildman–Crippen MR) is 102 cm³/mol. The van der Waals surface area contributed by atoms with Crippen molar-refractivity contribution in [1.29, 1.82) is 0 Å². The molecule has 5 heteroatoms. The molecule has 1 heterocycles. The maximum atomic E-state index is 12.6. The number of benzene rings is 1. The highest BCUT2D eigenvalue weighted by Crippen LogP contribution is 2.28. The standard InChI is InChI=1S/C21H31N3O2/c22-19(18-9-2-1-3-10-18)16-21(26)24-12-6-11-23(13-14-24)20(25)15-17-7-4-5-8-17/h1-3,9-10,17,19H,4-8,11-16,22H2. The molecule has 1 saturated carbocycles. The molecule has 2 amide bonds. The first-order valence-electron chi connectivity index (χ1n) is 9.99. The second-order valence-electron chi connectivity index (χ2n) is 7.69. The Morgan fingerprint density at radius 2 is 1.54 bits per heavy atom. The van der Waals surface area contributed by atoms with Crippen molar-refractivity contribution < 1.29 is 9.59 Å². The summed E-state index contributed by atoms with van der Waals surface area (Å²) in [6.45, 7) is 2.75. The van der Waals surface area contributed by atoms with Gasteiger partial charge in [0.05, 0.1) is 0 Å². The Kier molecular flexibility index (Phi) is 6.67. The molecular formula is C21H31N3O2. The van der Waals surface area contributed by atoms with E-state index < -0.39 is 0 Å². The van der Waals surface area contributed by atoms with Crippen molar-refractivity contribution in [2.45, 2.75) is 51.0 Å². The third-order valence-electron chi connectivity index (χ3n) is 5.76. The fraction of sp³-hybridized carbons (Fsp3) is 0.619. The topological polar surface area (TPSA) is 66.6 Å². The normalized spacial score (nSPS) is 20.0. The molecule has 0 spiro atoms. The molecule has 1 atom stereocenters. The highest BCUT2D eigenvalue weighted by molar-refractivity contribution is 5.78. The quantitative estimate of drug-likeness (QED) is 0.881. The van der Waals surface area contributed by atoms with Crippen LogP contribution in [-0.2, 0) is 9.59 Å². The fourth-order valence-electron chi connectivity index (χ4n) is 4.14. The van der Waals surface area contributed by atoms with Crippen molar-refractivity contribution in [3.8, 4) is 0 Å². The third-order valence-corrected chi connectivity index (χ3v) is 5.76. The van der Waals surface area contributed by atoms with Crippen LogP contribution >= 0.6 is 0 Å². The van der Waals surface area contributed by atoms with Gasteiger partial charge in [-0.15, -0.1) is 0 Å². The van der Waals surface area contributed by atoms with Crippen molar-refractivity contribution in [1.82, 2.24) is 9.80 Å². The first-order chi connectivity index (χ1) is 12.6. The summed E-state index contributed by atoms with van der Waals surface area (Å²) in [6, 6.07) is 9.49. The summed E-state index contributed by atoms with van der Waals surface area (Å²) >= 11 is 0. The summed E-state index contributed by atoms with van der Waals surface area (Å²) < 4.78 is 0. The van der Waals surface area contributed by atoms with Gasteiger partial charge in [-0.2, -0.15) is 0 Å². The van der Waals surface area contributed by atoms with E-state index in [0.29, 0.717) is 38.4 Å². The van der Waals surface area contributed by atoms with E-state index in [1.807, 2.05) is 40.1 Å². The molecule has 1 unspecified atom stereocenters. The molecule has 5 nitrogen and oxygen atoms in total. The molecule has 1 saturated heterocycles. The number of carbonyl (C=O) groups is 2. The van der Waals surface area contributed by atoms with Crippen LogP contribution < -0.4 is 5.73 Å². The lowest BCUT2D eigenvalue weighted by molar-refractivity contribution is -0.134. The minimum absolute atomic E-state index is 0.0893. The van der Waals surface area contributed by atoms with Gasteiger partial charge >= 0.3 is 0 Å². The van der Waals surface area contributed by atoms with Gasteiger partial charge in [-0.25, -0.2) is 0 Å². The molecule has 2 aliphatic rings. The Hall–Kier alpha value is -1.88. The van der Waals surface area contributed by atoms with E-state index in [1.54, 1.807) is 0 Å². The van der Waals surface area contributed by atoms with Gasteiger partial charge in [-0.05, 0) is 30.7 Å². The number of hydrogen-bond acceptors (Lipinski definition) is 3. The SMILES string of the molecule is NC(CC(=O)N1CCCN(C(=O)CC2CCCC2)CC1)c1ccccc1. The summed E-state index contributed by atoms with van der Waals surface area (Å²) in [4.78, 5) is 29.0. The Bertz CT molecular complexity index is 599. The number of rotatable bonds is 5. The van der Waals surface area contributed by atoms with Gasteiger partial charge in [0.2, 0.25) is 11.8 Å². The smallest absolute Gasteiger partial charge is 0.224 e. The van der Waals surface area contributed by atoms with Crippen LogP contribution in [0.15, 0.2) is 30.3 Å². The zero-order valence-corrected chi connectivity index (χ0v) is 15.6. The minimum Gasteiger partial charge on any atom is -0.341 e. The average molecular weight is 357 g/mol. The maximum absolute atomic E-state index is 12.6. The van der Waals surface area contributed by atoms with E-state index in [-0.39, 0.29) is 17.9 Å². The molecule has 1 aromatic rings. The zero-order valence-electron chi connectivity index (χ0n) is 15.6. The third kappa shape index (κ3) is 5.07. The van der Waals surface area contributed by atoms with Gasteiger partial charge in [-0.3, -0.25) is 9.59 Å². The molecule has 2 N–H and O–H groups in total. The van der Waals surface area contributed by atoms with Crippen molar-refractivity contribution in [3.63, 3.8) is 0 Å². The largest absolute Gasteiger partial charge is 0.341 e. The van der Waals surface area contributed by atoms with E-state index in [2.05, 4.69) is 0 Å². The Morgan fingerprint density at radius 3 is 2.19 bits per heavy atom. The maximum Gasteiger partial charge on any atom is 0.224 e. The van der Waals surface area contributed by atoms with Crippen LogP contribution in [0.3, 0.4) is 0 Å². The van der Waals surface area contributed by atoms with Crippen molar-refractivity contribution in [3.05, 3.63) is 35.9 Å². The van der Waals surface area contributed by atoms with Crippen LogP contribution in [0.25, 0.3) is 0 Å². The highest BCUT2D eigenvalue weighted by Gasteiger charge is 2.26. The summed E-state index contributed by atoms with van der Waals surface area (Å²) in [5.74, 6) is 0.936. The van der Waals surface area contributed by atoms with Gasteiger partial charge < -0.3 is 15.5 Å². The summed E-state index contributed by atoms with van der Waals surface area (Å²) in [7, 11) is 0. The van der Waals surface area contributed by atoms with Crippen molar-refractivity contribution in [2.75, 3.05) is 26.2 Å². The average Bonchev–Trinajstić information content (AvgIpc) is 3.03. The molecule has 26 heavy (non-hydrogen) atoms. The van der Waals surface area contributed by atoms with Crippen LogP contribution in [-0.4, -0.2) is 47.8 Å². The van der Waals surface area contributed by atoms with Crippen LogP contribution in [0.2, 0.25) is 0 Å². The molecule has 1 aliphatic heterocycles. The monoisotopic (exact) mass is 357 g/mol. The van der Waals surface area contributed by atoms with E-state index in [0.717, 1.165) is 18.5 Å². The number of carbonyl (C=O) groups excluding carboxylic acids is 2. The van der Waals surface area contributed by atoms with Gasteiger partial charge in [0.15, 0.2) is 0 Å². The number of nitrogens with zero attached hydrogens (tertiary/aromatic N) is 2. The highest BCUT2D eigenvalue weighted by atomic mass is 16.2. The molecule has 0 bridgehead atoms. The predicted octanol–water partition coefficient (Wildman–Crippen LogP) is 2.72.